The first-order valence-corrected chi connectivity index (χ1v) is 20.0. The first-order chi connectivity index (χ1) is 24.1. The average molecular weight is 836 g/mol. The predicted octanol–water partition coefficient (Wildman–Crippen LogP) is 6.13. The number of anilines is 4. The molecule has 0 saturated heterocycles. The second-order valence-electron chi connectivity index (χ2n) is 10.8. The Bertz CT molecular complexity index is 2840. The molecular formula is C28H16Cl2N2O16S4. The monoisotopic (exact) mass is 834 g/mol. The maximum Gasteiger partial charge on any atom is 0.446 e. The minimum Gasteiger partial charge on any atom is -0.360 e. The van der Waals surface area contributed by atoms with Crippen LogP contribution in [0.1, 0.15) is 0 Å². The van der Waals surface area contributed by atoms with Crippen molar-refractivity contribution in [1.82, 2.24) is 0 Å². The topological polar surface area (TPSA) is 278 Å². The molecule has 1 aliphatic heterocycles. The van der Waals surface area contributed by atoms with Crippen molar-refractivity contribution in [3.63, 3.8) is 0 Å². The molecular weight excluding hydrogens is 819 g/mol. The summed E-state index contributed by atoms with van der Waals surface area (Å²) in [6.45, 7) is 0. The molecule has 0 unspecified atom stereocenters. The van der Waals surface area contributed by atoms with Gasteiger partial charge in [-0.15, -0.1) is 0 Å². The Morgan fingerprint density at radius 2 is 0.692 bits per heavy atom. The van der Waals surface area contributed by atoms with Gasteiger partial charge in [0.2, 0.25) is 0 Å². The minimum atomic E-state index is -5.30. The van der Waals surface area contributed by atoms with Crippen LogP contribution in [0.15, 0.2) is 60.7 Å². The minimum absolute atomic E-state index is 0.124. The number of hydrogen-bond donors (Lipinski definition) is 6. The van der Waals surface area contributed by atoms with Crippen molar-refractivity contribution in [2.75, 3.05) is 10.6 Å². The maximum atomic E-state index is 12.2. The largest absolute Gasteiger partial charge is 0.446 e. The lowest BCUT2D eigenvalue weighted by Crippen LogP contribution is -2.14. The van der Waals surface area contributed by atoms with Gasteiger partial charge in [-0.25, -0.2) is 0 Å². The Balaban J connectivity index is 1.64. The number of fused-ring (bicyclic) bond motifs is 8. The molecule has 6 aromatic carbocycles. The zero-order valence-corrected chi connectivity index (χ0v) is 29.6. The first-order valence-electron chi connectivity index (χ1n) is 13.7. The van der Waals surface area contributed by atoms with Crippen LogP contribution in [0.5, 0.6) is 23.0 Å². The third-order valence-electron chi connectivity index (χ3n) is 7.59. The summed E-state index contributed by atoms with van der Waals surface area (Å²) in [5.41, 5.74) is -0.787. The van der Waals surface area contributed by atoms with Crippen molar-refractivity contribution < 1.29 is 68.6 Å². The molecule has 0 spiro atoms. The lowest BCUT2D eigenvalue weighted by Gasteiger charge is -2.29. The number of benzene rings is 6. The molecule has 0 aliphatic carbocycles. The van der Waals surface area contributed by atoms with Gasteiger partial charge in [0.05, 0.1) is 43.6 Å². The van der Waals surface area contributed by atoms with Gasteiger partial charge in [-0.2, -0.15) is 33.7 Å². The van der Waals surface area contributed by atoms with Crippen LogP contribution in [0.25, 0.3) is 43.1 Å². The summed E-state index contributed by atoms with van der Waals surface area (Å²) >= 11 is 13.4. The van der Waals surface area contributed by atoms with E-state index in [0.717, 1.165) is 12.1 Å². The zero-order valence-electron chi connectivity index (χ0n) is 24.9. The van der Waals surface area contributed by atoms with E-state index in [1.54, 1.807) is 0 Å². The van der Waals surface area contributed by atoms with Gasteiger partial charge in [0, 0.05) is 32.3 Å². The standard InChI is InChI=1S/C28H16Cl2N2O16S4/c29-17-9-15-19(27(47-51(39,40)41)13-7-3-1-5-11(13)25(15)45-49(33,34)35)23-21(17)32-24-20-16(10-18(30)22(24)31-23)26(46-50(36,37)38)12-6-2-4-8-14(12)28(20)48-52(42,43)44/h1-10,31-32H,(H,33,34,35)(H,36,37,38)(H,39,40,41)(H,42,43,44). The lowest BCUT2D eigenvalue weighted by molar-refractivity contribution is 0.385. The van der Waals surface area contributed by atoms with E-state index in [0.29, 0.717) is 0 Å². The summed E-state index contributed by atoms with van der Waals surface area (Å²) in [5.74, 6) is -2.30. The molecule has 0 aromatic heterocycles. The van der Waals surface area contributed by atoms with E-state index in [1.807, 2.05) is 0 Å². The highest BCUT2D eigenvalue weighted by molar-refractivity contribution is 7.82. The molecule has 6 N–H and O–H groups in total. The Labute approximate surface area is 302 Å². The van der Waals surface area contributed by atoms with E-state index in [9.17, 15) is 51.9 Å². The van der Waals surface area contributed by atoms with Gasteiger partial charge in [0.15, 0.2) is 23.0 Å². The molecule has 0 fully saturated rings. The second kappa shape index (κ2) is 12.0. The summed E-state index contributed by atoms with van der Waals surface area (Å²) in [5, 5.41) is 3.42. The van der Waals surface area contributed by atoms with Gasteiger partial charge in [-0.3, -0.25) is 18.2 Å². The third kappa shape index (κ3) is 6.49. The van der Waals surface area contributed by atoms with E-state index < -0.39 is 64.6 Å². The Hall–Kier alpha value is -4.62. The first kappa shape index (κ1) is 35.8. The lowest BCUT2D eigenvalue weighted by atomic mass is 9.95. The molecule has 0 bridgehead atoms. The van der Waals surface area contributed by atoms with Gasteiger partial charge in [-0.05, 0) is 12.1 Å². The van der Waals surface area contributed by atoms with Crippen LogP contribution in [0, 0.1) is 0 Å². The third-order valence-corrected chi connectivity index (χ3v) is 9.69. The molecule has 0 amide bonds. The van der Waals surface area contributed by atoms with Crippen LogP contribution in [-0.4, -0.2) is 51.9 Å². The Morgan fingerprint density at radius 1 is 0.423 bits per heavy atom. The van der Waals surface area contributed by atoms with Gasteiger partial charge >= 0.3 is 41.6 Å². The molecule has 0 radical (unpaired) electrons. The SMILES string of the molecule is O=S(=O)(O)Oc1c2ccccc2c(OS(=O)(=O)O)c2c3c(c(Cl)cc12)Nc1c(c(Cl)cc2c(OS(=O)(=O)O)c4ccccc4c(OS(=O)(=O)O)c12)N3. The fourth-order valence-electron chi connectivity index (χ4n) is 5.97. The molecule has 52 heavy (non-hydrogen) atoms. The van der Waals surface area contributed by atoms with E-state index in [4.69, 9.17) is 39.9 Å². The van der Waals surface area contributed by atoms with Crippen molar-refractivity contribution in [1.29, 1.82) is 0 Å². The number of rotatable bonds is 8. The molecule has 0 saturated carbocycles. The van der Waals surface area contributed by atoms with E-state index >= 15 is 0 Å². The molecule has 272 valence electrons. The summed E-state index contributed by atoms with van der Waals surface area (Å²) in [6.07, 6.45) is 0. The fourth-order valence-corrected chi connectivity index (χ4v) is 8.02. The predicted molar refractivity (Wildman–Crippen MR) is 188 cm³/mol. The van der Waals surface area contributed by atoms with Crippen molar-refractivity contribution in [3.8, 4) is 23.0 Å². The van der Waals surface area contributed by atoms with Crippen molar-refractivity contribution in [2.24, 2.45) is 0 Å². The summed E-state index contributed by atoms with van der Waals surface area (Å²) < 4.78 is 155. The van der Waals surface area contributed by atoms with Crippen molar-refractivity contribution in [2.45, 2.75) is 0 Å². The highest BCUT2D eigenvalue weighted by atomic mass is 35.5. The Morgan fingerprint density at radius 3 is 0.981 bits per heavy atom. The molecule has 24 heteroatoms. The average Bonchev–Trinajstić information content (AvgIpc) is 3.01. The molecule has 6 aromatic rings. The van der Waals surface area contributed by atoms with Crippen LogP contribution >= 0.6 is 23.2 Å². The summed E-state index contributed by atoms with van der Waals surface area (Å²) in [7, 11) is -21.1. The van der Waals surface area contributed by atoms with Crippen LogP contribution in [-0.2, 0) is 41.6 Å². The number of hydrogen-bond acceptors (Lipinski definition) is 14. The smallest absolute Gasteiger partial charge is 0.360 e. The number of halogens is 2. The van der Waals surface area contributed by atoms with Gasteiger partial charge in [0.25, 0.3) is 0 Å². The van der Waals surface area contributed by atoms with Gasteiger partial charge in [0.1, 0.15) is 0 Å². The van der Waals surface area contributed by atoms with E-state index in [2.05, 4.69) is 10.6 Å². The summed E-state index contributed by atoms with van der Waals surface area (Å²) in [6, 6.07) is 12.9. The highest BCUT2D eigenvalue weighted by Crippen LogP contribution is 2.58. The molecule has 1 aliphatic rings. The van der Waals surface area contributed by atoms with Crippen molar-refractivity contribution >= 4 is 131 Å². The second-order valence-corrected chi connectivity index (χ2v) is 15.7. The molecule has 0 atom stereocenters. The highest BCUT2D eigenvalue weighted by Gasteiger charge is 2.33. The van der Waals surface area contributed by atoms with E-state index in [1.165, 1.54) is 48.5 Å². The number of nitrogens with one attached hydrogen (secondary N) is 2. The van der Waals surface area contributed by atoms with Gasteiger partial charge < -0.3 is 27.4 Å². The van der Waals surface area contributed by atoms with Crippen LogP contribution in [0.2, 0.25) is 10.0 Å². The fraction of sp³-hybridized carbons (Fsp3) is 0. The molecule has 7 rings (SSSR count). The van der Waals surface area contributed by atoms with Crippen molar-refractivity contribution in [3.05, 3.63) is 70.7 Å². The quantitative estimate of drug-likeness (QED) is 0.0741. The van der Waals surface area contributed by atoms with Crippen LogP contribution < -0.4 is 27.4 Å². The molecule has 18 nitrogen and oxygen atoms in total. The van der Waals surface area contributed by atoms with Gasteiger partial charge in [-0.1, -0.05) is 71.7 Å². The summed E-state index contributed by atoms with van der Waals surface area (Å²) in [4.78, 5) is 0. The van der Waals surface area contributed by atoms with Crippen LogP contribution in [0.3, 0.4) is 0 Å². The Kier molecular flexibility index (Phi) is 8.22. The zero-order chi connectivity index (χ0) is 37.7. The van der Waals surface area contributed by atoms with E-state index in [-0.39, 0.29) is 75.9 Å². The maximum absolute atomic E-state index is 12.2. The molecule has 1 heterocycles. The normalized spacial score (nSPS) is 13.3. The van der Waals surface area contributed by atoms with Crippen LogP contribution in [0.4, 0.5) is 22.7 Å².